The molecule has 2 aromatic rings. The van der Waals surface area contributed by atoms with Crippen molar-refractivity contribution < 1.29 is 19.1 Å². The van der Waals surface area contributed by atoms with Gasteiger partial charge in [-0.25, -0.2) is 4.79 Å². The molecular formula is C23H29NO4. The first kappa shape index (κ1) is 21.5. The molecule has 0 aliphatic heterocycles. The Balaban J connectivity index is 1.67. The third kappa shape index (κ3) is 7.82. The van der Waals surface area contributed by atoms with Crippen LogP contribution in [0.25, 0.3) is 0 Å². The average Bonchev–Trinajstić information content (AvgIpc) is 2.70. The van der Waals surface area contributed by atoms with E-state index in [0.717, 1.165) is 25.0 Å². The van der Waals surface area contributed by atoms with E-state index in [1.807, 2.05) is 31.2 Å². The summed E-state index contributed by atoms with van der Waals surface area (Å²) in [5, 5.41) is 2.83. The average molecular weight is 383 g/mol. The van der Waals surface area contributed by atoms with Gasteiger partial charge in [-0.05, 0) is 56.2 Å². The van der Waals surface area contributed by atoms with Gasteiger partial charge in [0.05, 0.1) is 18.8 Å². The molecule has 1 N–H and O–H groups in total. The van der Waals surface area contributed by atoms with Gasteiger partial charge < -0.3 is 14.8 Å². The molecule has 2 rings (SSSR count). The van der Waals surface area contributed by atoms with Crippen LogP contribution in [0.5, 0.6) is 5.75 Å². The maximum absolute atomic E-state index is 12.0. The summed E-state index contributed by atoms with van der Waals surface area (Å²) in [4.78, 5) is 24.0. The number of carbonyl (C=O) groups is 2. The third-order valence-electron chi connectivity index (χ3n) is 4.22. The van der Waals surface area contributed by atoms with E-state index in [1.54, 1.807) is 24.3 Å². The van der Waals surface area contributed by atoms with Gasteiger partial charge in [-0.3, -0.25) is 4.79 Å². The number of hydrogen-bond donors (Lipinski definition) is 1. The highest BCUT2D eigenvalue weighted by atomic mass is 16.5. The molecule has 0 heterocycles. The summed E-state index contributed by atoms with van der Waals surface area (Å²) < 4.78 is 10.8. The topological polar surface area (TPSA) is 64.6 Å². The van der Waals surface area contributed by atoms with Crippen LogP contribution < -0.4 is 10.1 Å². The monoisotopic (exact) mass is 383 g/mol. The van der Waals surface area contributed by atoms with Gasteiger partial charge in [-0.1, -0.05) is 37.5 Å². The molecule has 0 aliphatic rings. The Morgan fingerprint density at radius 3 is 2.29 bits per heavy atom. The molecular weight excluding hydrogens is 354 g/mol. The van der Waals surface area contributed by atoms with Gasteiger partial charge in [0.25, 0.3) is 0 Å². The third-order valence-corrected chi connectivity index (χ3v) is 4.22. The fourth-order valence-corrected chi connectivity index (χ4v) is 2.57. The number of amides is 1. The van der Waals surface area contributed by atoms with Crippen LogP contribution in [0.15, 0.2) is 48.5 Å². The van der Waals surface area contributed by atoms with Crippen LogP contribution in [0.1, 0.15) is 54.9 Å². The Hall–Kier alpha value is -2.82. The smallest absolute Gasteiger partial charge is 0.338 e. The molecule has 1 amide bonds. The number of esters is 1. The van der Waals surface area contributed by atoms with Crippen LogP contribution in [0.3, 0.4) is 0 Å². The van der Waals surface area contributed by atoms with Gasteiger partial charge >= 0.3 is 5.97 Å². The summed E-state index contributed by atoms with van der Waals surface area (Å²) in [6.07, 6.45) is 4.01. The molecule has 28 heavy (non-hydrogen) atoms. The highest BCUT2D eigenvalue weighted by Crippen LogP contribution is 2.13. The van der Waals surface area contributed by atoms with E-state index in [1.165, 1.54) is 5.56 Å². The van der Waals surface area contributed by atoms with Crippen LogP contribution in [0, 0.1) is 6.92 Å². The van der Waals surface area contributed by atoms with Gasteiger partial charge in [0.2, 0.25) is 5.91 Å². The molecule has 0 aliphatic carbocycles. The largest absolute Gasteiger partial charge is 0.494 e. The molecule has 150 valence electrons. The Morgan fingerprint density at radius 1 is 0.893 bits per heavy atom. The van der Waals surface area contributed by atoms with Gasteiger partial charge in [0, 0.05) is 12.1 Å². The van der Waals surface area contributed by atoms with E-state index < -0.39 is 0 Å². The van der Waals surface area contributed by atoms with E-state index in [2.05, 4.69) is 12.2 Å². The predicted molar refractivity (Wildman–Crippen MR) is 111 cm³/mol. The van der Waals surface area contributed by atoms with Crippen molar-refractivity contribution in [3.8, 4) is 5.75 Å². The molecule has 0 fully saturated rings. The zero-order valence-electron chi connectivity index (χ0n) is 16.7. The first-order valence-corrected chi connectivity index (χ1v) is 9.85. The van der Waals surface area contributed by atoms with E-state index in [4.69, 9.17) is 9.47 Å². The fourth-order valence-electron chi connectivity index (χ4n) is 2.57. The Morgan fingerprint density at radius 2 is 1.61 bits per heavy atom. The number of unbranched alkanes of at least 4 members (excludes halogenated alkanes) is 2. The highest BCUT2D eigenvalue weighted by molar-refractivity contribution is 5.93. The van der Waals surface area contributed by atoms with Crippen molar-refractivity contribution >= 4 is 17.6 Å². The summed E-state index contributed by atoms with van der Waals surface area (Å²) in [6.45, 7) is 5.05. The quantitative estimate of drug-likeness (QED) is 0.431. The molecule has 0 bridgehead atoms. The molecule has 2 aromatic carbocycles. The van der Waals surface area contributed by atoms with E-state index in [0.29, 0.717) is 37.3 Å². The second-order valence-electron chi connectivity index (χ2n) is 6.73. The minimum Gasteiger partial charge on any atom is -0.494 e. The van der Waals surface area contributed by atoms with Crippen LogP contribution in [-0.2, 0) is 9.53 Å². The standard InChI is InChI=1S/C23H29NO4/c1-3-4-5-16-28-23(26)19-10-12-20(13-11-19)24-22(25)7-6-17-27-21-14-8-18(2)9-15-21/h8-15H,3-7,16-17H2,1-2H3,(H,24,25). The first-order valence-electron chi connectivity index (χ1n) is 9.85. The van der Waals surface area contributed by atoms with Crippen molar-refractivity contribution in [2.75, 3.05) is 18.5 Å². The highest BCUT2D eigenvalue weighted by Gasteiger charge is 2.08. The van der Waals surface area contributed by atoms with Gasteiger partial charge in [-0.15, -0.1) is 0 Å². The molecule has 0 aromatic heterocycles. The van der Waals surface area contributed by atoms with Gasteiger partial charge in [0.1, 0.15) is 5.75 Å². The second-order valence-corrected chi connectivity index (χ2v) is 6.73. The van der Waals surface area contributed by atoms with E-state index in [-0.39, 0.29) is 11.9 Å². The Kier molecular flexibility index (Phi) is 9.05. The lowest BCUT2D eigenvalue weighted by Crippen LogP contribution is -2.13. The number of rotatable bonds is 11. The lowest BCUT2D eigenvalue weighted by Gasteiger charge is -2.08. The lowest BCUT2D eigenvalue weighted by molar-refractivity contribution is -0.116. The summed E-state index contributed by atoms with van der Waals surface area (Å²) in [5.74, 6) is 0.396. The number of hydrogen-bond acceptors (Lipinski definition) is 4. The van der Waals surface area contributed by atoms with Crippen LogP contribution in [-0.4, -0.2) is 25.1 Å². The zero-order valence-corrected chi connectivity index (χ0v) is 16.7. The summed E-state index contributed by atoms with van der Waals surface area (Å²) in [5.41, 5.74) is 2.33. The second kappa shape index (κ2) is 11.8. The minimum absolute atomic E-state index is 0.0811. The molecule has 0 unspecified atom stereocenters. The van der Waals surface area contributed by atoms with Crippen molar-refractivity contribution in [3.63, 3.8) is 0 Å². The molecule has 0 spiro atoms. The summed E-state index contributed by atoms with van der Waals surface area (Å²) in [7, 11) is 0. The number of nitrogens with one attached hydrogen (secondary N) is 1. The van der Waals surface area contributed by atoms with Crippen molar-refractivity contribution in [2.45, 2.75) is 46.0 Å². The lowest BCUT2D eigenvalue weighted by atomic mass is 10.2. The van der Waals surface area contributed by atoms with Crippen molar-refractivity contribution in [2.24, 2.45) is 0 Å². The van der Waals surface area contributed by atoms with Crippen LogP contribution >= 0.6 is 0 Å². The van der Waals surface area contributed by atoms with Crippen molar-refractivity contribution in [1.82, 2.24) is 0 Å². The van der Waals surface area contributed by atoms with E-state index in [9.17, 15) is 9.59 Å². The molecule has 0 saturated carbocycles. The maximum atomic E-state index is 12.0. The van der Waals surface area contributed by atoms with Gasteiger partial charge in [0.15, 0.2) is 0 Å². The molecule has 0 saturated heterocycles. The molecule has 0 atom stereocenters. The number of ether oxygens (including phenoxy) is 2. The van der Waals surface area contributed by atoms with Crippen LogP contribution in [0.4, 0.5) is 5.69 Å². The first-order chi connectivity index (χ1) is 13.6. The van der Waals surface area contributed by atoms with E-state index >= 15 is 0 Å². The maximum Gasteiger partial charge on any atom is 0.338 e. The number of carbonyl (C=O) groups excluding carboxylic acids is 2. The fraction of sp³-hybridized carbons (Fsp3) is 0.391. The summed E-state index contributed by atoms with van der Waals surface area (Å²) in [6, 6.07) is 14.6. The van der Waals surface area contributed by atoms with Crippen molar-refractivity contribution in [3.05, 3.63) is 59.7 Å². The normalized spacial score (nSPS) is 10.4. The van der Waals surface area contributed by atoms with Gasteiger partial charge in [-0.2, -0.15) is 0 Å². The predicted octanol–water partition coefficient (Wildman–Crippen LogP) is 5.14. The SMILES string of the molecule is CCCCCOC(=O)c1ccc(NC(=O)CCCOc2ccc(C)cc2)cc1. The summed E-state index contributed by atoms with van der Waals surface area (Å²) >= 11 is 0. The van der Waals surface area contributed by atoms with Crippen LogP contribution in [0.2, 0.25) is 0 Å². The molecule has 0 radical (unpaired) electrons. The van der Waals surface area contributed by atoms with Crippen molar-refractivity contribution in [1.29, 1.82) is 0 Å². The zero-order chi connectivity index (χ0) is 20.2. The minimum atomic E-state index is -0.331. The Bertz CT molecular complexity index is 738. The number of anilines is 1. The Labute approximate surface area is 167 Å². The number of aryl methyl sites for hydroxylation is 1. The number of benzene rings is 2. The molecule has 5 nitrogen and oxygen atoms in total. The molecule has 5 heteroatoms.